The van der Waals surface area contributed by atoms with Crippen molar-refractivity contribution in [1.29, 1.82) is 0 Å². The highest BCUT2D eigenvalue weighted by molar-refractivity contribution is 6.17. The minimum absolute atomic E-state index is 0.613. The summed E-state index contributed by atoms with van der Waals surface area (Å²) in [6.07, 6.45) is 4.02. The van der Waals surface area contributed by atoms with Crippen LogP contribution < -0.4 is 4.90 Å². The van der Waals surface area contributed by atoms with Crippen LogP contribution in [0.5, 0.6) is 0 Å². The van der Waals surface area contributed by atoms with E-state index in [-0.39, 0.29) is 0 Å². The summed E-state index contributed by atoms with van der Waals surface area (Å²) in [5.41, 5.74) is 3.95. The Labute approximate surface area is 127 Å². The SMILES string of the molecule is Cc1ccc(N2CCC3C(CCCN3C)C2)c(CCl)c1. The van der Waals surface area contributed by atoms with Crippen LogP contribution in [0.25, 0.3) is 0 Å². The van der Waals surface area contributed by atoms with Crippen molar-refractivity contribution < 1.29 is 0 Å². The molecule has 3 rings (SSSR count). The number of anilines is 1. The Balaban J connectivity index is 1.79. The molecule has 110 valence electrons. The molecule has 1 aromatic carbocycles. The number of likely N-dealkylation sites (tertiary alicyclic amines) is 1. The maximum Gasteiger partial charge on any atom is 0.0494 e. The van der Waals surface area contributed by atoms with E-state index in [1.54, 1.807) is 0 Å². The number of rotatable bonds is 2. The first-order valence-corrected chi connectivity index (χ1v) is 8.33. The molecule has 2 atom stereocenters. The zero-order valence-electron chi connectivity index (χ0n) is 12.6. The molecular weight excluding hydrogens is 268 g/mol. The lowest BCUT2D eigenvalue weighted by molar-refractivity contribution is 0.102. The van der Waals surface area contributed by atoms with E-state index in [1.165, 1.54) is 55.7 Å². The Bertz CT molecular complexity index is 474. The molecule has 0 amide bonds. The van der Waals surface area contributed by atoms with Crippen LogP contribution in [0.3, 0.4) is 0 Å². The topological polar surface area (TPSA) is 6.48 Å². The first kappa shape index (κ1) is 14.2. The second-order valence-corrected chi connectivity index (χ2v) is 6.72. The number of fused-ring (bicyclic) bond motifs is 1. The molecule has 3 heteroatoms. The van der Waals surface area contributed by atoms with E-state index in [0.717, 1.165) is 12.0 Å². The van der Waals surface area contributed by atoms with Gasteiger partial charge in [0.25, 0.3) is 0 Å². The van der Waals surface area contributed by atoms with Crippen molar-refractivity contribution in [3.05, 3.63) is 29.3 Å². The second kappa shape index (κ2) is 5.95. The van der Waals surface area contributed by atoms with Crippen molar-refractivity contribution in [2.24, 2.45) is 5.92 Å². The van der Waals surface area contributed by atoms with Crippen LogP contribution in [0.4, 0.5) is 5.69 Å². The van der Waals surface area contributed by atoms with Crippen molar-refractivity contribution >= 4 is 17.3 Å². The molecule has 0 spiro atoms. The predicted octanol–water partition coefficient (Wildman–Crippen LogP) is 3.65. The van der Waals surface area contributed by atoms with E-state index in [2.05, 4.69) is 42.0 Å². The molecular formula is C17H25ClN2. The molecule has 0 bridgehead atoms. The number of halogens is 1. The molecule has 1 aromatic rings. The summed E-state index contributed by atoms with van der Waals surface area (Å²) in [5.74, 6) is 1.44. The van der Waals surface area contributed by atoms with Gasteiger partial charge in [0, 0.05) is 30.7 Å². The van der Waals surface area contributed by atoms with Gasteiger partial charge in [-0.05, 0) is 57.3 Å². The average molecular weight is 293 g/mol. The van der Waals surface area contributed by atoms with Crippen LogP contribution in [-0.4, -0.2) is 37.6 Å². The maximum atomic E-state index is 6.15. The number of aryl methyl sites for hydroxylation is 1. The monoisotopic (exact) mass is 292 g/mol. The molecule has 0 saturated carbocycles. The van der Waals surface area contributed by atoms with Crippen LogP contribution >= 0.6 is 11.6 Å². The van der Waals surface area contributed by atoms with Crippen LogP contribution in [0.2, 0.25) is 0 Å². The summed E-state index contributed by atoms with van der Waals surface area (Å²) in [5, 5.41) is 0. The summed E-state index contributed by atoms with van der Waals surface area (Å²) >= 11 is 6.15. The van der Waals surface area contributed by atoms with Crippen molar-refractivity contribution in [2.75, 3.05) is 31.6 Å². The van der Waals surface area contributed by atoms with Crippen molar-refractivity contribution in [3.63, 3.8) is 0 Å². The van der Waals surface area contributed by atoms with E-state index < -0.39 is 0 Å². The molecule has 2 saturated heterocycles. The van der Waals surface area contributed by atoms with Gasteiger partial charge in [-0.3, -0.25) is 0 Å². The summed E-state index contributed by atoms with van der Waals surface area (Å²) in [6.45, 7) is 5.78. The van der Waals surface area contributed by atoms with E-state index in [0.29, 0.717) is 5.88 Å². The van der Waals surface area contributed by atoms with Gasteiger partial charge >= 0.3 is 0 Å². The minimum Gasteiger partial charge on any atom is -0.371 e. The Kier molecular flexibility index (Phi) is 4.23. The van der Waals surface area contributed by atoms with E-state index >= 15 is 0 Å². The predicted molar refractivity (Wildman–Crippen MR) is 86.7 cm³/mol. The molecule has 0 aromatic heterocycles. The van der Waals surface area contributed by atoms with Crippen LogP contribution in [-0.2, 0) is 5.88 Å². The minimum atomic E-state index is 0.613. The first-order valence-electron chi connectivity index (χ1n) is 7.79. The van der Waals surface area contributed by atoms with Gasteiger partial charge in [-0.1, -0.05) is 17.7 Å². The molecule has 2 unspecified atom stereocenters. The molecule has 20 heavy (non-hydrogen) atoms. The zero-order chi connectivity index (χ0) is 14.1. The number of benzene rings is 1. The Morgan fingerprint density at radius 2 is 2.10 bits per heavy atom. The maximum absolute atomic E-state index is 6.15. The fraction of sp³-hybridized carbons (Fsp3) is 0.647. The van der Waals surface area contributed by atoms with Gasteiger partial charge in [0.2, 0.25) is 0 Å². The highest BCUT2D eigenvalue weighted by Crippen LogP contribution is 2.33. The molecule has 0 radical (unpaired) electrons. The molecule has 2 aliphatic heterocycles. The highest BCUT2D eigenvalue weighted by Gasteiger charge is 2.34. The van der Waals surface area contributed by atoms with Crippen LogP contribution in [0, 0.1) is 12.8 Å². The fourth-order valence-corrected chi connectivity index (χ4v) is 4.22. The molecule has 2 aliphatic rings. The lowest BCUT2D eigenvalue weighted by Crippen LogP contribution is -2.52. The number of hydrogen-bond donors (Lipinski definition) is 0. The van der Waals surface area contributed by atoms with Gasteiger partial charge < -0.3 is 9.80 Å². The second-order valence-electron chi connectivity index (χ2n) is 6.45. The number of hydrogen-bond acceptors (Lipinski definition) is 2. The third-order valence-corrected chi connectivity index (χ3v) is 5.35. The summed E-state index contributed by atoms with van der Waals surface area (Å²) in [7, 11) is 2.29. The van der Waals surface area contributed by atoms with Crippen molar-refractivity contribution in [1.82, 2.24) is 4.90 Å². The third kappa shape index (κ3) is 2.68. The summed E-state index contributed by atoms with van der Waals surface area (Å²) in [6, 6.07) is 7.51. The summed E-state index contributed by atoms with van der Waals surface area (Å²) < 4.78 is 0. The number of nitrogens with zero attached hydrogens (tertiary/aromatic N) is 2. The smallest absolute Gasteiger partial charge is 0.0494 e. The van der Waals surface area contributed by atoms with Crippen molar-refractivity contribution in [3.8, 4) is 0 Å². The molecule has 2 heterocycles. The first-order chi connectivity index (χ1) is 9.69. The van der Waals surface area contributed by atoms with Gasteiger partial charge in [0.15, 0.2) is 0 Å². The van der Waals surface area contributed by atoms with Gasteiger partial charge in [-0.15, -0.1) is 11.6 Å². The van der Waals surface area contributed by atoms with Gasteiger partial charge in [0.1, 0.15) is 0 Å². The van der Waals surface area contributed by atoms with Gasteiger partial charge in [0.05, 0.1) is 0 Å². The zero-order valence-corrected chi connectivity index (χ0v) is 13.4. The van der Waals surface area contributed by atoms with E-state index in [1.807, 2.05) is 0 Å². The fourth-order valence-electron chi connectivity index (χ4n) is 4.00. The van der Waals surface area contributed by atoms with Crippen molar-refractivity contribution in [2.45, 2.75) is 38.1 Å². The lowest BCUT2D eigenvalue weighted by Gasteiger charge is -2.47. The average Bonchev–Trinajstić information content (AvgIpc) is 2.47. The Morgan fingerprint density at radius 1 is 1.25 bits per heavy atom. The van der Waals surface area contributed by atoms with Gasteiger partial charge in [-0.2, -0.15) is 0 Å². The quantitative estimate of drug-likeness (QED) is 0.768. The molecule has 2 nitrogen and oxygen atoms in total. The summed E-state index contributed by atoms with van der Waals surface area (Å²) in [4.78, 5) is 5.14. The number of piperidine rings is 2. The lowest BCUT2D eigenvalue weighted by atomic mass is 9.84. The molecule has 0 N–H and O–H groups in total. The van der Waals surface area contributed by atoms with Crippen LogP contribution in [0.15, 0.2) is 18.2 Å². The van der Waals surface area contributed by atoms with E-state index in [9.17, 15) is 0 Å². The molecule has 2 fully saturated rings. The van der Waals surface area contributed by atoms with Gasteiger partial charge in [-0.25, -0.2) is 0 Å². The Hall–Kier alpha value is -0.730. The normalized spacial score (nSPS) is 27.4. The third-order valence-electron chi connectivity index (χ3n) is 5.07. The van der Waals surface area contributed by atoms with E-state index in [4.69, 9.17) is 11.6 Å². The number of alkyl halides is 1. The largest absolute Gasteiger partial charge is 0.371 e. The Morgan fingerprint density at radius 3 is 2.90 bits per heavy atom. The van der Waals surface area contributed by atoms with Crippen LogP contribution in [0.1, 0.15) is 30.4 Å². The highest BCUT2D eigenvalue weighted by atomic mass is 35.5. The standard InChI is InChI=1S/C17H25ClN2/c1-13-5-6-17(15(10-13)11-18)20-9-7-16-14(12-20)4-3-8-19(16)2/h5-6,10,14,16H,3-4,7-9,11-12H2,1-2H3. The molecule has 0 aliphatic carbocycles.